The molecule has 0 saturated carbocycles. The first-order chi connectivity index (χ1) is 12.3. The number of anilines is 2. The Labute approximate surface area is 146 Å². The average Bonchev–Trinajstić information content (AvgIpc) is 2.69. The lowest BCUT2D eigenvalue weighted by atomic mass is 9.97. The van der Waals surface area contributed by atoms with Gasteiger partial charge in [0.05, 0.1) is 5.92 Å². The molecule has 1 N–H and O–H groups in total. The molecule has 2 aliphatic heterocycles. The Balaban J connectivity index is 1.42. The Hall–Kier alpha value is -2.83. The highest BCUT2D eigenvalue weighted by molar-refractivity contribution is 5.93. The maximum atomic E-state index is 12.7. The van der Waals surface area contributed by atoms with Crippen LogP contribution in [0.5, 0.6) is 11.5 Å². The highest BCUT2D eigenvalue weighted by atomic mass is 16.6. The Morgan fingerprint density at radius 1 is 1.20 bits per heavy atom. The lowest BCUT2D eigenvalue weighted by Gasteiger charge is -2.32. The van der Waals surface area contributed by atoms with Gasteiger partial charge in [-0.3, -0.25) is 4.79 Å². The number of amides is 1. The number of piperidine rings is 1. The first-order valence-corrected chi connectivity index (χ1v) is 8.53. The number of fused-ring (bicyclic) bond motifs is 1. The molecule has 4 rings (SSSR count). The summed E-state index contributed by atoms with van der Waals surface area (Å²) in [4.78, 5) is 14.8. The Bertz CT molecular complexity index is 753. The van der Waals surface area contributed by atoms with Crippen LogP contribution in [-0.2, 0) is 4.79 Å². The van der Waals surface area contributed by atoms with E-state index in [-0.39, 0.29) is 11.8 Å². The Kier molecular flexibility index (Phi) is 4.37. The van der Waals surface area contributed by atoms with Gasteiger partial charge in [0.2, 0.25) is 5.91 Å². The molecule has 1 aromatic heterocycles. The standard InChI is InChI=1S/C18H20N4O3/c23-18(20-14-5-6-15-16(11-14)25-10-9-24-15)13-3-2-8-22(12-13)17-4-1-7-19-21-17/h1,4-7,11,13H,2-3,8-10,12H2,(H,20,23). The summed E-state index contributed by atoms with van der Waals surface area (Å²) in [7, 11) is 0. The van der Waals surface area contributed by atoms with Crippen molar-refractivity contribution in [2.75, 3.05) is 36.5 Å². The van der Waals surface area contributed by atoms with E-state index >= 15 is 0 Å². The van der Waals surface area contributed by atoms with Crippen molar-refractivity contribution in [2.24, 2.45) is 5.92 Å². The summed E-state index contributed by atoms with van der Waals surface area (Å²) in [5.74, 6) is 2.15. The van der Waals surface area contributed by atoms with Crippen LogP contribution >= 0.6 is 0 Å². The van der Waals surface area contributed by atoms with E-state index < -0.39 is 0 Å². The van der Waals surface area contributed by atoms with Gasteiger partial charge in [0, 0.05) is 31.0 Å². The van der Waals surface area contributed by atoms with E-state index in [1.54, 1.807) is 6.20 Å². The fraction of sp³-hybridized carbons (Fsp3) is 0.389. The molecule has 1 saturated heterocycles. The third-order valence-electron chi connectivity index (χ3n) is 4.48. The van der Waals surface area contributed by atoms with Gasteiger partial charge in [-0.15, -0.1) is 5.10 Å². The van der Waals surface area contributed by atoms with E-state index in [9.17, 15) is 4.79 Å². The molecule has 2 aliphatic rings. The van der Waals surface area contributed by atoms with E-state index in [0.717, 1.165) is 36.6 Å². The van der Waals surface area contributed by atoms with Crippen LogP contribution in [0.1, 0.15) is 12.8 Å². The molecule has 0 spiro atoms. The highest BCUT2D eigenvalue weighted by Crippen LogP contribution is 2.33. The maximum Gasteiger partial charge on any atom is 0.229 e. The fourth-order valence-electron chi connectivity index (χ4n) is 3.23. The van der Waals surface area contributed by atoms with E-state index in [1.807, 2.05) is 30.3 Å². The van der Waals surface area contributed by atoms with Gasteiger partial charge in [-0.05, 0) is 37.1 Å². The SMILES string of the molecule is O=C(Nc1ccc2c(c1)OCCO2)C1CCCN(c2cccnn2)C1. The average molecular weight is 340 g/mol. The molecule has 1 fully saturated rings. The molecule has 1 unspecified atom stereocenters. The van der Waals surface area contributed by atoms with Gasteiger partial charge in [0.1, 0.15) is 13.2 Å². The summed E-state index contributed by atoms with van der Waals surface area (Å²) in [6.45, 7) is 2.63. The predicted molar refractivity (Wildman–Crippen MR) is 93.0 cm³/mol. The van der Waals surface area contributed by atoms with Crippen molar-refractivity contribution >= 4 is 17.4 Å². The number of nitrogens with one attached hydrogen (secondary N) is 1. The number of carbonyl (C=O) groups excluding carboxylic acids is 1. The fourth-order valence-corrected chi connectivity index (χ4v) is 3.23. The van der Waals surface area contributed by atoms with Crippen LogP contribution in [0.15, 0.2) is 36.5 Å². The molecule has 1 amide bonds. The van der Waals surface area contributed by atoms with Crippen molar-refractivity contribution in [3.63, 3.8) is 0 Å². The molecular formula is C18H20N4O3. The number of hydrogen-bond acceptors (Lipinski definition) is 6. The molecule has 2 aromatic rings. The van der Waals surface area contributed by atoms with Crippen LogP contribution in [0.2, 0.25) is 0 Å². The van der Waals surface area contributed by atoms with Crippen LogP contribution in [0.25, 0.3) is 0 Å². The highest BCUT2D eigenvalue weighted by Gasteiger charge is 2.27. The van der Waals surface area contributed by atoms with E-state index in [4.69, 9.17) is 9.47 Å². The third kappa shape index (κ3) is 3.50. The van der Waals surface area contributed by atoms with E-state index in [0.29, 0.717) is 25.5 Å². The molecule has 1 aromatic carbocycles. The van der Waals surface area contributed by atoms with Gasteiger partial charge >= 0.3 is 0 Å². The molecule has 7 nitrogen and oxygen atoms in total. The summed E-state index contributed by atoms with van der Waals surface area (Å²) in [6.07, 6.45) is 3.47. The molecule has 130 valence electrons. The van der Waals surface area contributed by atoms with Crippen molar-refractivity contribution < 1.29 is 14.3 Å². The largest absolute Gasteiger partial charge is 0.486 e. The zero-order valence-electron chi connectivity index (χ0n) is 13.9. The number of nitrogens with zero attached hydrogens (tertiary/aromatic N) is 3. The number of ether oxygens (including phenoxy) is 2. The van der Waals surface area contributed by atoms with Crippen LogP contribution in [-0.4, -0.2) is 42.4 Å². The minimum atomic E-state index is -0.0797. The first-order valence-electron chi connectivity index (χ1n) is 8.53. The first kappa shape index (κ1) is 15.7. The number of rotatable bonds is 3. The normalized spacial score (nSPS) is 19.4. The number of aromatic nitrogens is 2. The number of benzene rings is 1. The second-order valence-electron chi connectivity index (χ2n) is 6.21. The van der Waals surface area contributed by atoms with E-state index in [2.05, 4.69) is 20.4 Å². The van der Waals surface area contributed by atoms with Crippen molar-refractivity contribution in [1.29, 1.82) is 0 Å². The topological polar surface area (TPSA) is 76.6 Å². The van der Waals surface area contributed by atoms with Crippen molar-refractivity contribution in [3.05, 3.63) is 36.5 Å². The third-order valence-corrected chi connectivity index (χ3v) is 4.48. The molecule has 0 radical (unpaired) electrons. The van der Waals surface area contributed by atoms with E-state index in [1.165, 1.54) is 0 Å². The maximum absolute atomic E-state index is 12.7. The molecule has 25 heavy (non-hydrogen) atoms. The second kappa shape index (κ2) is 6.96. The molecule has 0 aliphatic carbocycles. The van der Waals surface area contributed by atoms with Crippen molar-refractivity contribution in [1.82, 2.24) is 10.2 Å². The number of hydrogen-bond donors (Lipinski definition) is 1. The van der Waals surface area contributed by atoms with Gasteiger partial charge < -0.3 is 19.7 Å². The quantitative estimate of drug-likeness (QED) is 0.922. The molecule has 3 heterocycles. The van der Waals surface area contributed by atoms with Crippen molar-refractivity contribution in [3.8, 4) is 11.5 Å². The summed E-state index contributed by atoms with van der Waals surface area (Å²) in [5, 5.41) is 11.1. The summed E-state index contributed by atoms with van der Waals surface area (Å²) in [5.41, 5.74) is 0.728. The van der Waals surface area contributed by atoms with Crippen LogP contribution in [0.4, 0.5) is 11.5 Å². The molecule has 1 atom stereocenters. The van der Waals surface area contributed by atoms with Crippen LogP contribution in [0, 0.1) is 5.92 Å². The van der Waals surface area contributed by atoms with Crippen LogP contribution < -0.4 is 19.7 Å². The monoisotopic (exact) mass is 340 g/mol. The zero-order chi connectivity index (χ0) is 17.1. The minimum absolute atomic E-state index is 0.0188. The van der Waals surface area contributed by atoms with Gasteiger partial charge in [-0.25, -0.2) is 0 Å². The van der Waals surface area contributed by atoms with Gasteiger partial charge in [0.25, 0.3) is 0 Å². The van der Waals surface area contributed by atoms with Crippen molar-refractivity contribution in [2.45, 2.75) is 12.8 Å². The summed E-state index contributed by atoms with van der Waals surface area (Å²) >= 11 is 0. The Morgan fingerprint density at radius 2 is 2.08 bits per heavy atom. The summed E-state index contributed by atoms with van der Waals surface area (Å²) in [6, 6.07) is 9.27. The molecule has 0 bridgehead atoms. The molecular weight excluding hydrogens is 320 g/mol. The van der Waals surface area contributed by atoms with Gasteiger partial charge in [-0.1, -0.05) is 0 Å². The van der Waals surface area contributed by atoms with Gasteiger partial charge in [0.15, 0.2) is 17.3 Å². The smallest absolute Gasteiger partial charge is 0.229 e. The lowest BCUT2D eigenvalue weighted by molar-refractivity contribution is -0.120. The van der Waals surface area contributed by atoms with Gasteiger partial charge in [-0.2, -0.15) is 5.10 Å². The molecule has 7 heteroatoms. The predicted octanol–water partition coefficient (Wildman–Crippen LogP) is 2.10. The Morgan fingerprint density at radius 3 is 2.92 bits per heavy atom. The zero-order valence-corrected chi connectivity index (χ0v) is 13.9. The minimum Gasteiger partial charge on any atom is -0.486 e. The lowest BCUT2D eigenvalue weighted by Crippen LogP contribution is -2.41. The number of carbonyl (C=O) groups is 1. The van der Waals surface area contributed by atoms with Crippen LogP contribution in [0.3, 0.4) is 0 Å². The summed E-state index contributed by atoms with van der Waals surface area (Å²) < 4.78 is 11.1. The second-order valence-corrected chi connectivity index (χ2v) is 6.21.